The van der Waals surface area contributed by atoms with E-state index in [4.69, 9.17) is 27.5 Å². The fourth-order valence-electron chi connectivity index (χ4n) is 10.9. The summed E-state index contributed by atoms with van der Waals surface area (Å²) in [6, 6.07) is 51.9. The molecule has 518 valence electrons. The van der Waals surface area contributed by atoms with E-state index in [1.807, 2.05) is 182 Å². The van der Waals surface area contributed by atoms with Crippen LogP contribution in [0.1, 0.15) is 144 Å². The number of amides is 3. The molecule has 0 aliphatic rings. The van der Waals surface area contributed by atoms with E-state index in [0.29, 0.717) is 74.9 Å². The minimum Gasteiger partial charge on any atom is -0.508 e. The van der Waals surface area contributed by atoms with Crippen LogP contribution in [0, 0.1) is 31.6 Å². The molecular formula is C80H94N4O14. The Morgan fingerprint density at radius 3 is 1.17 bits per heavy atom. The standard InChI is InChI=1S/C28H35NO5.C26H31NO5.C18H17NO3.C8H11NO/c1-6-32-27(31)28(3,4)15-9-10-16-33-24-12-8-7-11-22(24)19-29(5)26(30)21-13-14-25-23(18-21)17-20(2)34-25;1-18-15-21-16-19(11-12-23(21)32-18)24(28)27(4)17-20-9-5-6-10-22(20)31-14-8-7-13-26(2,3)25(29)30;1-12-9-15-10-13(7-8-17(15)22-12)18(21)19(2)11-14-5-3-4-6-16(14)20;1-9-6-7-4-2-3-5-8(7)10/h7-8,11-14,17-18H,6,9-10,15-16,19H2,1-5H3;5-6,9-12,15-16H,7-8,13-14,17H2,1-4H3,(H,29,30);3-10,20H,11H2,1-2H3;2-5,9-10H,6H2,1H3. The molecule has 4 N–H and O–H groups in total. The van der Waals surface area contributed by atoms with Gasteiger partial charge in [-0.05, 0) is 198 Å². The number of nitrogens with zero attached hydrogens (tertiary/aromatic N) is 3. The third-order valence-corrected chi connectivity index (χ3v) is 16.5. The SMILES string of the molecule is CCOC(=O)C(C)(C)CCCCOc1ccccc1CN(C)C(=O)c1ccc2oc(C)cc2c1.CNCc1ccccc1O.Cc1cc2cc(C(=O)N(C)Cc3ccccc3O)ccc2o1.Cc1cc2cc(C(=O)N(C)Cc3ccccc3OCCCCC(C)(C)C(=O)O)ccc2o1. The first-order chi connectivity index (χ1) is 46.8. The summed E-state index contributed by atoms with van der Waals surface area (Å²) in [7, 11) is 7.14. The Balaban J connectivity index is 0.000000196. The summed E-state index contributed by atoms with van der Waals surface area (Å²) >= 11 is 0. The molecule has 0 unspecified atom stereocenters. The molecule has 0 saturated carbocycles. The Labute approximate surface area is 574 Å². The topological polar surface area (TPSA) is 235 Å². The average Bonchev–Trinajstić information content (AvgIpc) is 1.63. The summed E-state index contributed by atoms with van der Waals surface area (Å²) in [5, 5.41) is 33.9. The molecule has 0 radical (unpaired) electrons. The van der Waals surface area contributed by atoms with E-state index in [9.17, 15) is 39.3 Å². The van der Waals surface area contributed by atoms with Gasteiger partial charge in [0, 0.05) is 102 Å². The molecule has 18 heteroatoms. The van der Waals surface area contributed by atoms with Crippen molar-refractivity contribution in [3.63, 3.8) is 0 Å². The van der Waals surface area contributed by atoms with Gasteiger partial charge in [0.15, 0.2) is 0 Å². The third-order valence-electron chi connectivity index (χ3n) is 16.5. The molecule has 0 spiro atoms. The monoisotopic (exact) mass is 1330 g/mol. The second-order valence-corrected chi connectivity index (χ2v) is 25.7. The van der Waals surface area contributed by atoms with Crippen LogP contribution >= 0.6 is 0 Å². The molecule has 0 fully saturated rings. The first-order valence-electron chi connectivity index (χ1n) is 33.0. The van der Waals surface area contributed by atoms with Gasteiger partial charge in [0.05, 0.1) is 30.7 Å². The van der Waals surface area contributed by atoms with Gasteiger partial charge in [-0.2, -0.15) is 0 Å². The number of ether oxygens (including phenoxy) is 3. The lowest BCUT2D eigenvalue weighted by Gasteiger charge is -2.22. The summed E-state index contributed by atoms with van der Waals surface area (Å²) in [6.45, 7) is 18.2. The second-order valence-electron chi connectivity index (χ2n) is 25.7. The molecule has 0 saturated heterocycles. The van der Waals surface area contributed by atoms with Crippen LogP contribution in [0.2, 0.25) is 0 Å². The molecule has 10 aromatic rings. The second kappa shape index (κ2) is 35.6. The van der Waals surface area contributed by atoms with Gasteiger partial charge in [0.1, 0.15) is 57.0 Å². The van der Waals surface area contributed by atoms with E-state index >= 15 is 0 Å². The number of aromatic hydroxyl groups is 2. The van der Waals surface area contributed by atoms with E-state index in [1.54, 1.807) is 86.1 Å². The van der Waals surface area contributed by atoms with Crippen molar-refractivity contribution in [3.05, 3.63) is 226 Å². The van der Waals surface area contributed by atoms with Crippen LogP contribution < -0.4 is 14.8 Å². The number of furan rings is 3. The van der Waals surface area contributed by atoms with Gasteiger partial charge in [-0.25, -0.2) is 0 Å². The Kier molecular flexibility index (Phi) is 27.3. The molecule has 0 aliphatic heterocycles. The van der Waals surface area contributed by atoms with Crippen molar-refractivity contribution in [1.29, 1.82) is 0 Å². The predicted molar refractivity (Wildman–Crippen MR) is 383 cm³/mol. The molecule has 3 heterocycles. The van der Waals surface area contributed by atoms with Crippen LogP contribution in [0.25, 0.3) is 32.9 Å². The number of phenols is 2. The largest absolute Gasteiger partial charge is 0.508 e. The summed E-state index contributed by atoms with van der Waals surface area (Å²) in [4.78, 5) is 66.7. The number of esters is 1. The van der Waals surface area contributed by atoms with Crippen molar-refractivity contribution in [3.8, 4) is 23.0 Å². The van der Waals surface area contributed by atoms with Gasteiger partial charge in [0.2, 0.25) is 0 Å². The van der Waals surface area contributed by atoms with Gasteiger partial charge >= 0.3 is 11.9 Å². The number of fused-ring (bicyclic) bond motifs is 3. The summed E-state index contributed by atoms with van der Waals surface area (Å²) in [5.74, 6) is 3.37. The van der Waals surface area contributed by atoms with E-state index < -0.39 is 16.8 Å². The first-order valence-corrected chi connectivity index (χ1v) is 33.0. The smallest absolute Gasteiger partial charge is 0.311 e. The number of hydrogen-bond donors (Lipinski definition) is 4. The van der Waals surface area contributed by atoms with Crippen molar-refractivity contribution in [1.82, 2.24) is 20.0 Å². The van der Waals surface area contributed by atoms with Crippen LogP contribution in [0.4, 0.5) is 0 Å². The molecule has 0 bridgehead atoms. The zero-order chi connectivity index (χ0) is 71.1. The van der Waals surface area contributed by atoms with Crippen LogP contribution in [-0.2, 0) is 40.5 Å². The number of benzene rings is 7. The molecule has 98 heavy (non-hydrogen) atoms. The highest BCUT2D eigenvalue weighted by molar-refractivity contribution is 5.99. The van der Waals surface area contributed by atoms with Crippen LogP contribution in [0.15, 0.2) is 183 Å². The maximum absolute atomic E-state index is 13.0. The number of nitrogens with one attached hydrogen (secondary N) is 1. The lowest BCUT2D eigenvalue weighted by molar-refractivity contribution is -0.154. The highest BCUT2D eigenvalue weighted by atomic mass is 16.5. The minimum absolute atomic E-state index is 0.0586. The van der Waals surface area contributed by atoms with Crippen molar-refractivity contribution >= 4 is 62.6 Å². The van der Waals surface area contributed by atoms with Crippen molar-refractivity contribution < 1.29 is 66.8 Å². The average molecular weight is 1340 g/mol. The van der Waals surface area contributed by atoms with Crippen molar-refractivity contribution in [2.45, 2.75) is 120 Å². The van der Waals surface area contributed by atoms with Gasteiger partial charge < -0.3 is 62.8 Å². The molecule has 18 nitrogen and oxygen atoms in total. The number of unbranched alkanes of at least 4 members (excludes halogenated alkanes) is 2. The third kappa shape index (κ3) is 21.6. The number of aryl methyl sites for hydroxylation is 3. The number of carboxylic acids is 1. The molecular weight excluding hydrogens is 1240 g/mol. The number of carboxylic acid groups (broad SMARTS) is 1. The summed E-state index contributed by atoms with van der Waals surface area (Å²) in [5.41, 5.74) is 6.48. The molecule has 10 rings (SSSR count). The van der Waals surface area contributed by atoms with E-state index in [1.165, 1.54) is 0 Å². The number of carbonyl (C=O) groups excluding carboxylic acids is 4. The maximum atomic E-state index is 13.0. The quantitative estimate of drug-likeness (QED) is 0.0291. The van der Waals surface area contributed by atoms with Gasteiger partial charge in [-0.3, -0.25) is 24.0 Å². The number of hydrogen-bond acceptors (Lipinski definition) is 14. The molecule has 0 aliphatic carbocycles. The van der Waals surface area contributed by atoms with E-state index in [-0.39, 0.29) is 29.4 Å². The molecule has 0 atom stereocenters. The zero-order valence-corrected chi connectivity index (χ0v) is 58.5. The van der Waals surface area contributed by atoms with Crippen molar-refractivity contribution in [2.24, 2.45) is 10.8 Å². The van der Waals surface area contributed by atoms with E-state index in [2.05, 4.69) is 5.32 Å². The Hall–Kier alpha value is -10.3. The normalized spacial score (nSPS) is 11.1. The Bertz CT molecular complexity index is 4290. The fraction of sp³-hybridized carbons (Fsp3) is 0.338. The zero-order valence-electron chi connectivity index (χ0n) is 58.5. The van der Waals surface area contributed by atoms with Crippen LogP contribution in [0.5, 0.6) is 23.0 Å². The highest BCUT2D eigenvalue weighted by Gasteiger charge is 2.29. The predicted octanol–water partition coefficient (Wildman–Crippen LogP) is 16.7. The number of aliphatic carboxylic acids is 1. The lowest BCUT2D eigenvalue weighted by atomic mass is 9.87. The van der Waals surface area contributed by atoms with Crippen LogP contribution in [-0.4, -0.2) is 108 Å². The molecule has 3 amide bonds. The minimum atomic E-state index is -0.779. The number of phenolic OH excluding ortho intramolecular Hbond substituents is 2. The summed E-state index contributed by atoms with van der Waals surface area (Å²) < 4.78 is 33.9. The Morgan fingerprint density at radius 1 is 0.459 bits per heavy atom. The van der Waals surface area contributed by atoms with Gasteiger partial charge in [-0.1, -0.05) is 72.8 Å². The Morgan fingerprint density at radius 2 is 0.806 bits per heavy atom. The van der Waals surface area contributed by atoms with E-state index in [0.717, 1.165) is 116 Å². The molecule has 7 aromatic carbocycles. The highest BCUT2D eigenvalue weighted by Crippen LogP contribution is 2.30. The van der Waals surface area contributed by atoms with Gasteiger partial charge in [-0.15, -0.1) is 0 Å². The van der Waals surface area contributed by atoms with Crippen LogP contribution in [0.3, 0.4) is 0 Å². The number of carbonyl (C=O) groups is 5. The summed E-state index contributed by atoms with van der Waals surface area (Å²) in [6.07, 6.45) is 4.58. The maximum Gasteiger partial charge on any atom is 0.311 e. The van der Waals surface area contributed by atoms with Gasteiger partial charge in [0.25, 0.3) is 17.7 Å². The molecule has 3 aromatic heterocycles. The lowest BCUT2D eigenvalue weighted by Crippen LogP contribution is -2.27. The van der Waals surface area contributed by atoms with Crippen molar-refractivity contribution in [2.75, 3.05) is 48.0 Å². The number of rotatable bonds is 26. The number of para-hydroxylation sites is 4. The first kappa shape index (κ1) is 75.1. The fourth-order valence-corrected chi connectivity index (χ4v) is 10.9.